The molecule has 0 bridgehead atoms. The number of rotatable bonds is 5. The van der Waals surface area contributed by atoms with Gasteiger partial charge in [0, 0.05) is 10.0 Å². The highest BCUT2D eigenvalue weighted by molar-refractivity contribution is 6.35. The molecule has 0 unspecified atom stereocenters. The maximum absolute atomic E-state index is 6.38. The van der Waals surface area contributed by atoms with Crippen molar-refractivity contribution in [1.82, 2.24) is 14.9 Å². The van der Waals surface area contributed by atoms with Crippen LogP contribution in [-0.2, 0) is 13.1 Å². The molecule has 1 aromatic heterocycles. The van der Waals surface area contributed by atoms with Crippen molar-refractivity contribution in [2.24, 2.45) is 0 Å². The zero-order valence-corrected chi connectivity index (χ0v) is 15.4. The van der Waals surface area contributed by atoms with Crippen LogP contribution in [0.25, 0.3) is 10.8 Å². The van der Waals surface area contributed by atoms with Crippen molar-refractivity contribution < 1.29 is 0 Å². The standard InChI is InChI=1S/C20H16Cl2N4/c21-18-9-8-17(20(22)10-18)12-25(26-14-23-13-24-26)11-16-6-3-5-15-4-1-2-7-19(15)16/h1-10,13-14H,11-12H2. The number of nitrogens with zero attached hydrogens (tertiary/aromatic N) is 4. The van der Waals surface area contributed by atoms with E-state index in [4.69, 9.17) is 23.2 Å². The lowest BCUT2D eigenvalue weighted by Crippen LogP contribution is -2.34. The summed E-state index contributed by atoms with van der Waals surface area (Å²) < 4.78 is 0. The number of fused-ring (bicyclic) bond motifs is 1. The van der Waals surface area contributed by atoms with E-state index in [-0.39, 0.29) is 0 Å². The van der Waals surface area contributed by atoms with E-state index in [9.17, 15) is 0 Å². The summed E-state index contributed by atoms with van der Waals surface area (Å²) in [5, 5.41) is 10.1. The van der Waals surface area contributed by atoms with Crippen molar-refractivity contribution in [3.63, 3.8) is 0 Å². The number of aromatic nitrogens is 3. The number of halogens is 2. The number of benzene rings is 3. The average Bonchev–Trinajstić information content (AvgIpc) is 3.18. The number of hydrogen-bond acceptors (Lipinski definition) is 3. The third-order valence-corrected chi connectivity index (χ3v) is 4.88. The third-order valence-electron chi connectivity index (χ3n) is 4.30. The first-order chi connectivity index (χ1) is 12.7. The van der Waals surface area contributed by atoms with Crippen LogP contribution in [0.15, 0.2) is 73.3 Å². The van der Waals surface area contributed by atoms with Gasteiger partial charge in [-0.05, 0) is 34.0 Å². The van der Waals surface area contributed by atoms with E-state index in [0.717, 1.165) is 5.56 Å². The van der Waals surface area contributed by atoms with Gasteiger partial charge >= 0.3 is 0 Å². The first kappa shape index (κ1) is 16.9. The minimum absolute atomic E-state index is 0.586. The fraction of sp³-hybridized carbons (Fsp3) is 0.100. The van der Waals surface area contributed by atoms with Crippen LogP contribution in [0.3, 0.4) is 0 Å². The van der Waals surface area contributed by atoms with Crippen LogP contribution in [0.2, 0.25) is 10.0 Å². The van der Waals surface area contributed by atoms with Crippen molar-refractivity contribution in [2.75, 3.05) is 5.01 Å². The Morgan fingerprint density at radius 1 is 0.885 bits per heavy atom. The highest BCUT2D eigenvalue weighted by Crippen LogP contribution is 2.24. The van der Waals surface area contributed by atoms with Gasteiger partial charge in [0.05, 0.1) is 13.1 Å². The Morgan fingerprint density at radius 2 is 1.69 bits per heavy atom. The van der Waals surface area contributed by atoms with Crippen LogP contribution in [0.4, 0.5) is 0 Å². The van der Waals surface area contributed by atoms with Gasteiger partial charge < -0.3 is 0 Å². The van der Waals surface area contributed by atoms with Crippen molar-refractivity contribution in [3.05, 3.63) is 94.5 Å². The SMILES string of the molecule is Clc1ccc(CN(Cc2cccc3ccccc23)n2cncn2)c(Cl)c1. The van der Waals surface area contributed by atoms with Gasteiger partial charge in [-0.15, -0.1) is 5.10 Å². The van der Waals surface area contributed by atoms with E-state index < -0.39 is 0 Å². The predicted octanol–water partition coefficient (Wildman–Crippen LogP) is 5.08. The maximum Gasteiger partial charge on any atom is 0.139 e. The molecule has 0 amide bonds. The highest BCUT2D eigenvalue weighted by atomic mass is 35.5. The Balaban J connectivity index is 1.70. The molecule has 26 heavy (non-hydrogen) atoms. The molecule has 1 heterocycles. The van der Waals surface area contributed by atoms with Gasteiger partial charge in [0.2, 0.25) is 0 Å². The summed E-state index contributed by atoms with van der Waals surface area (Å²) in [6.45, 7) is 1.26. The van der Waals surface area contributed by atoms with Crippen LogP contribution >= 0.6 is 23.2 Å². The smallest absolute Gasteiger partial charge is 0.139 e. The molecule has 0 aliphatic rings. The Labute approximate surface area is 161 Å². The van der Waals surface area contributed by atoms with Gasteiger partial charge in [0.25, 0.3) is 0 Å². The first-order valence-electron chi connectivity index (χ1n) is 8.21. The molecule has 0 saturated carbocycles. The van der Waals surface area contributed by atoms with Gasteiger partial charge in [0.15, 0.2) is 0 Å². The van der Waals surface area contributed by atoms with E-state index in [1.807, 2.05) is 12.1 Å². The third kappa shape index (κ3) is 3.52. The summed E-state index contributed by atoms with van der Waals surface area (Å²) in [4.78, 5) is 5.82. The molecular weight excluding hydrogens is 367 g/mol. The molecule has 0 radical (unpaired) electrons. The summed E-state index contributed by atoms with van der Waals surface area (Å²) in [6, 6.07) is 20.2. The summed E-state index contributed by atoms with van der Waals surface area (Å²) in [7, 11) is 0. The molecule has 0 N–H and O–H groups in total. The second-order valence-corrected chi connectivity index (χ2v) is 6.86. The molecule has 0 aliphatic carbocycles. The second-order valence-electron chi connectivity index (χ2n) is 6.01. The van der Waals surface area contributed by atoms with Crippen molar-refractivity contribution >= 4 is 34.0 Å². The van der Waals surface area contributed by atoms with Crippen LogP contribution in [0, 0.1) is 0 Å². The second kappa shape index (κ2) is 7.36. The van der Waals surface area contributed by atoms with Crippen molar-refractivity contribution in [3.8, 4) is 0 Å². The van der Waals surface area contributed by atoms with Gasteiger partial charge in [-0.3, -0.25) is 5.01 Å². The largest absolute Gasteiger partial charge is 0.287 e. The fourth-order valence-electron chi connectivity index (χ4n) is 3.02. The Bertz CT molecular complexity index is 1030. The molecule has 4 rings (SSSR count). The quantitative estimate of drug-likeness (QED) is 0.482. The Kier molecular flexibility index (Phi) is 4.78. The van der Waals surface area contributed by atoms with Crippen molar-refractivity contribution in [1.29, 1.82) is 0 Å². The molecule has 4 aromatic rings. The lowest BCUT2D eigenvalue weighted by Gasteiger charge is -2.25. The predicted molar refractivity (Wildman–Crippen MR) is 106 cm³/mol. The molecular formula is C20H16Cl2N4. The summed E-state index contributed by atoms with van der Waals surface area (Å²) in [5.41, 5.74) is 2.19. The summed E-state index contributed by atoms with van der Waals surface area (Å²) >= 11 is 12.4. The average molecular weight is 383 g/mol. The van der Waals surface area contributed by atoms with Crippen LogP contribution in [0.1, 0.15) is 11.1 Å². The molecule has 3 aromatic carbocycles. The molecule has 0 atom stereocenters. The van der Waals surface area contributed by atoms with Crippen molar-refractivity contribution in [2.45, 2.75) is 13.1 Å². The van der Waals surface area contributed by atoms with E-state index >= 15 is 0 Å². The zero-order chi connectivity index (χ0) is 17.9. The van der Waals surface area contributed by atoms with E-state index in [1.165, 1.54) is 22.7 Å². The first-order valence-corrected chi connectivity index (χ1v) is 8.97. The fourth-order valence-corrected chi connectivity index (χ4v) is 3.49. The van der Waals surface area contributed by atoms with E-state index in [1.54, 1.807) is 17.2 Å². The molecule has 0 spiro atoms. The summed E-state index contributed by atoms with van der Waals surface area (Å²) in [6.07, 6.45) is 3.22. The topological polar surface area (TPSA) is 34.0 Å². The molecule has 0 aliphatic heterocycles. The van der Waals surface area contributed by atoms with Gasteiger partial charge in [-0.2, -0.15) is 4.79 Å². The van der Waals surface area contributed by atoms with Gasteiger partial charge in [-0.1, -0.05) is 71.7 Å². The van der Waals surface area contributed by atoms with Crippen LogP contribution in [-0.4, -0.2) is 14.9 Å². The molecule has 0 saturated heterocycles. The number of hydrogen-bond donors (Lipinski definition) is 0. The maximum atomic E-state index is 6.38. The molecule has 4 nitrogen and oxygen atoms in total. The zero-order valence-electron chi connectivity index (χ0n) is 13.9. The summed E-state index contributed by atoms with van der Waals surface area (Å²) in [5.74, 6) is 0. The Hall–Kier alpha value is -2.56. The van der Waals surface area contributed by atoms with Gasteiger partial charge in [0.1, 0.15) is 12.7 Å². The lowest BCUT2D eigenvalue weighted by molar-refractivity contribution is 0.521. The molecule has 130 valence electrons. The molecule has 6 heteroatoms. The minimum Gasteiger partial charge on any atom is -0.287 e. The lowest BCUT2D eigenvalue weighted by atomic mass is 10.0. The minimum atomic E-state index is 0.586. The monoisotopic (exact) mass is 382 g/mol. The highest BCUT2D eigenvalue weighted by Gasteiger charge is 2.13. The normalized spacial score (nSPS) is 11.0. The molecule has 0 fully saturated rings. The van der Waals surface area contributed by atoms with Crippen LogP contribution in [0.5, 0.6) is 0 Å². The van der Waals surface area contributed by atoms with Gasteiger partial charge in [-0.25, -0.2) is 4.98 Å². The Morgan fingerprint density at radius 3 is 2.50 bits per heavy atom. The van der Waals surface area contributed by atoms with Crippen LogP contribution < -0.4 is 5.01 Å². The van der Waals surface area contributed by atoms with E-state index in [0.29, 0.717) is 23.1 Å². The van der Waals surface area contributed by atoms with E-state index in [2.05, 4.69) is 57.6 Å².